The summed E-state index contributed by atoms with van der Waals surface area (Å²) in [5, 5.41) is 5.06. The van der Waals surface area contributed by atoms with Crippen LogP contribution in [0.15, 0.2) is 17.5 Å². The van der Waals surface area contributed by atoms with E-state index in [4.69, 9.17) is 0 Å². The number of nitrogens with one attached hydrogen (secondary N) is 1. The molecule has 0 radical (unpaired) electrons. The molecule has 0 aliphatic carbocycles. The molecule has 0 bridgehead atoms. The molecule has 4 heteroatoms. The van der Waals surface area contributed by atoms with Crippen molar-refractivity contribution >= 4 is 17.2 Å². The minimum atomic E-state index is 0.154. The summed E-state index contributed by atoms with van der Waals surface area (Å²) in [5.41, 5.74) is 0. The second-order valence-corrected chi connectivity index (χ2v) is 6.39. The van der Waals surface area contributed by atoms with Crippen molar-refractivity contribution in [1.82, 2.24) is 10.2 Å². The quantitative estimate of drug-likeness (QED) is 0.795. The van der Waals surface area contributed by atoms with Crippen LogP contribution in [0.2, 0.25) is 0 Å². The third-order valence-electron chi connectivity index (χ3n) is 3.20. The van der Waals surface area contributed by atoms with Gasteiger partial charge in [-0.2, -0.15) is 0 Å². The Morgan fingerprint density at radius 3 is 2.53 bits per heavy atom. The topological polar surface area (TPSA) is 32.3 Å². The van der Waals surface area contributed by atoms with E-state index in [-0.39, 0.29) is 5.91 Å². The van der Waals surface area contributed by atoms with Crippen molar-refractivity contribution in [1.29, 1.82) is 0 Å². The second-order valence-electron chi connectivity index (χ2n) is 5.35. The zero-order valence-electron chi connectivity index (χ0n) is 12.5. The summed E-state index contributed by atoms with van der Waals surface area (Å²) in [5.74, 6) is 0.154. The fourth-order valence-corrected chi connectivity index (χ4v) is 2.93. The van der Waals surface area contributed by atoms with E-state index in [1.807, 2.05) is 6.07 Å². The number of amides is 1. The lowest BCUT2D eigenvalue weighted by Crippen LogP contribution is -2.42. The van der Waals surface area contributed by atoms with E-state index < -0.39 is 0 Å². The molecular formula is C15H26N2OS. The van der Waals surface area contributed by atoms with Gasteiger partial charge in [-0.1, -0.05) is 6.07 Å². The van der Waals surface area contributed by atoms with Crippen LogP contribution in [0.3, 0.4) is 0 Å². The molecule has 1 amide bonds. The second kappa shape index (κ2) is 8.33. The predicted octanol–water partition coefficient (Wildman–Crippen LogP) is 2.92. The summed E-state index contributed by atoms with van der Waals surface area (Å²) in [6.07, 6.45) is 1.44. The van der Waals surface area contributed by atoms with Crippen molar-refractivity contribution in [3.05, 3.63) is 22.4 Å². The fourth-order valence-electron chi connectivity index (χ4n) is 2.22. The smallest absolute Gasteiger partial charge is 0.220 e. The molecule has 0 saturated heterocycles. The van der Waals surface area contributed by atoms with Gasteiger partial charge in [-0.3, -0.25) is 9.69 Å². The average Bonchev–Trinajstić information content (AvgIpc) is 2.84. The first kappa shape index (κ1) is 16.2. The number of carbonyl (C=O) groups excluding carboxylic acids is 1. The molecule has 1 aromatic rings. The van der Waals surface area contributed by atoms with Crippen LogP contribution < -0.4 is 5.32 Å². The van der Waals surface area contributed by atoms with Crippen LogP contribution in [0.5, 0.6) is 0 Å². The monoisotopic (exact) mass is 282 g/mol. The van der Waals surface area contributed by atoms with Crippen molar-refractivity contribution in [3.8, 4) is 0 Å². The normalized spacial score (nSPS) is 11.5. The van der Waals surface area contributed by atoms with Crippen molar-refractivity contribution in [3.63, 3.8) is 0 Å². The summed E-state index contributed by atoms with van der Waals surface area (Å²) >= 11 is 1.71. The average molecular weight is 282 g/mol. The van der Waals surface area contributed by atoms with Gasteiger partial charge in [0.25, 0.3) is 0 Å². The van der Waals surface area contributed by atoms with Gasteiger partial charge in [0.15, 0.2) is 0 Å². The fraction of sp³-hybridized carbons (Fsp3) is 0.667. The highest BCUT2D eigenvalue weighted by Gasteiger charge is 2.12. The molecule has 0 aliphatic rings. The highest BCUT2D eigenvalue weighted by atomic mass is 32.1. The van der Waals surface area contributed by atoms with Crippen molar-refractivity contribution in [2.75, 3.05) is 13.1 Å². The van der Waals surface area contributed by atoms with E-state index in [1.54, 1.807) is 11.3 Å². The Bertz CT molecular complexity index is 352. The van der Waals surface area contributed by atoms with Crippen molar-refractivity contribution < 1.29 is 4.79 Å². The molecule has 0 atom stereocenters. The molecule has 0 aromatic carbocycles. The Balaban J connectivity index is 2.19. The van der Waals surface area contributed by atoms with Gasteiger partial charge in [-0.25, -0.2) is 0 Å². The molecule has 0 spiro atoms. The Kier molecular flexibility index (Phi) is 7.10. The first-order valence-corrected chi connectivity index (χ1v) is 7.93. The minimum absolute atomic E-state index is 0.154. The van der Waals surface area contributed by atoms with Gasteiger partial charge in [0, 0.05) is 36.5 Å². The molecule has 0 unspecified atom stereocenters. The number of hydrogen-bond acceptors (Lipinski definition) is 3. The van der Waals surface area contributed by atoms with E-state index >= 15 is 0 Å². The molecule has 0 fully saturated rings. The van der Waals surface area contributed by atoms with E-state index in [9.17, 15) is 4.79 Å². The zero-order chi connectivity index (χ0) is 14.3. The minimum Gasteiger partial charge on any atom is -0.355 e. The largest absolute Gasteiger partial charge is 0.355 e. The Morgan fingerprint density at radius 2 is 2.00 bits per heavy atom. The Labute approximate surface area is 121 Å². The molecule has 0 aliphatic heterocycles. The standard InChI is InChI=1S/C15H26N2OS/c1-12(2)17(13(3)4)10-9-16-15(18)8-7-14-6-5-11-19-14/h5-6,11-13H,7-10H2,1-4H3,(H,16,18). The number of hydrogen-bond donors (Lipinski definition) is 1. The van der Waals surface area contributed by atoms with Gasteiger partial charge >= 0.3 is 0 Å². The Hall–Kier alpha value is -0.870. The lowest BCUT2D eigenvalue weighted by Gasteiger charge is -2.30. The summed E-state index contributed by atoms with van der Waals surface area (Å²) in [6, 6.07) is 5.14. The molecule has 3 nitrogen and oxygen atoms in total. The zero-order valence-corrected chi connectivity index (χ0v) is 13.3. The maximum absolute atomic E-state index is 11.7. The molecule has 19 heavy (non-hydrogen) atoms. The van der Waals surface area contributed by atoms with Crippen molar-refractivity contribution in [2.45, 2.75) is 52.6 Å². The van der Waals surface area contributed by atoms with Crippen LogP contribution in [-0.2, 0) is 11.2 Å². The van der Waals surface area contributed by atoms with Gasteiger partial charge in [-0.15, -0.1) is 11.3 Å². The number of nitrogens with zero attached hydrogens (tertiary/aromatic N) is 1. The molecule has 1 aromatic heterocycles. The number of aryl methyl sites for hydroxylation is 1. The summed E-state index contributed by atoms with van der Waals surface area (Å²) in [6.45, 7) is 10.4. The molecule has 0 saturated carbocycles. The maximum atomic E-state index is 11.7. The highest BCUT2D eigenvalue weighted by molar-refractivity contribution is 7.09. The molecule has 108 valence electrons. The van der Waals surface area contributed by atoms with E-state index in [2.05, 4.69) is 49.4 Å². The van der Waals surface area contributed by atoms with Crippen LogP contribution in [0, 0.1) is 0 Å². The van der Waals surface area contributed by atoms with Crippen LogP contribution in [0.4, 0.5) is 0 Å². The summed E-state index contributed by atoms with van der Waals surface area (Å²) in [4.78, 5) is 15.4. The van der Waals surface area contributed by atoms with Crippen LogP contribution in [-0.4, -0.2) is 36.0 Å². The molecule has 1 N–H and O–H groups in total. The lowest BCUT2D eigenvalue weighted by atomic mass is 10.2. The predicted molar refractivity (Wildman–Crippen MR) is 82.6 cm³/mol. The highest BCUT2D eigenvalue weighted by Crippen LogP contribution is 2.10. The van der Waals surface area contributed by atoms with Crippen LogP contribution >= 0.6 is 11.3 Å². The van der Waals surface area contributed by atoms with E-state index in [0.717, 1.165) is 19.5 Å². The van der Waals surface area contributed by atoms with Gasteiger partial charge in [0.05, 0.1) is 0 Å². The molecular weight excluding hydrogens is 256 g/mol. The van der Waals surface area contributed by atoms with Crippen LogP contribution in [0.1, 0.15) is 39.0 Å². The number of carbonyl (C=O) groups is 1. The SMILES string of the molecule is CC(C)N(CCNC(=O)CCc1cccs1)C(C)C. The molecule has 1 heterocycles. The summed E-state index contributed by atoms with van der Waals surface area (Å²) in [7, 11) is 0. The Morgan fingerprint density at radius 1 is 1.32 bits per heavy atom. The van der Waals surface area contributed by atoms with Gasteiger partial charge in [0.1, 0.15) is 0 Å². The number of thiophene rings is 1. The third-order valence-corrected chi connectivity index (χ3v) is 4.13. The van der Waals surface area contributed by atoms with Gasteiger partial charge in [0.2, 0.25) is 5.91 Å². The van der Waals surface area contributed by atoms with Crippen molar-refractivity contribution in [2.24, 2.45) is 0 Å². The third kappa shape index (κ3) is 6.21. The van der Waals surface area contributed by atoms with Gasteiger partial charge < -0.3 is 5.32 Å². The number of rotatable bonds is 8. The van der Waals surface area contributed by atoms with Crippen LogP contribution in [0.25, 0.3) is 0 Å². The van der Waals surface area contributed by atoms with Gasteiger partial charge in [-0.05, 0) is 45.6 Å². The maximum Gasteiger partial charge on any atom is 0.220 e. The molecule has 1 rings (SSSR count). The first-order chi connectivity index (χ1) is 9.00. The summed E-state index contributed by atoms with van der Waals surface area (Å²) < 4.78 is 0. The van der Waals surface area contributed by atoms with E-state index in [0.29, 0.717) is 18.5 Å². The van der Waals surface area contributed by atoms with E-state index in [1.165, 1.54) is 4.88 Å². The first-order valence-electron chi connectivity index (χ1n) is 7.05. The lowest BCUT2D eigenvalue weighted by molar-refractivity contribution is -0.121.